The summed E-state index contributed by atoms with van der Waals surface area (Å²) in [7, 11) is 0. The van der Waals surface area contributed by atoms with Crippen molar-refractivity contribution in [2.45, 2.75) is 13.5 Å². The van der Waals surface area contributed by atoms with Gasteiger partial charge >= 0.3 is 0 Å². The number of nitrogens with zero attached hydrogens (tertiary/aromatic N) is 1. The van der Waals surface area contributed by atoms with Crippen LogP contribution in [0.1, 0.15) is 17.3 Å². The number of rotatable bonds is 2. The molecule has 2 rings (SSSR count). The summed E-state index contributed by atoms with van der Waals surface area (Å²) >= 11 is 0. The van der Waals surface area contributed by atoms with Gasteiger partial charge in [0.15, 0.2) is 6.29 Å². The standard InChI is InChI=1S/C11H11NO2/c1-2-12-10-6-4-3-5-8(10)9(7-13)11(12)14/h3-7,14H,2H2,1H3. The number of carbonyl (C=O) groups excluding carboxylic acids is 1. The molecule has 0 radical (unpaired) electrons. The predicted octanol–water partition coefficient (Wildman–Crippen LogP) is 2.18. The topological polar surface area (TPSA) is 42.2 Å². The van der Waals surface area contributed by atoms with Gasteiger partial charge in [0.2, 0.25) is 5.88 Å². The highest BCUT2D eigenvalue weighted by molar-refractivity contribution is 6.00. The fourth-order valence-corrected chi connectivity index (χ4v) is 1.75. The molecule has 1 heterocycles. The van der Waals surface area contributed by atoms with Crippen LogP contribution in [-0.2, 0) is 6.54 Å². The molecule has 0 aliphatic carbocycles. The maximum atomic E-state index is 10.8. The molecule has 0 unspecified atom stereocenters. The molecule has 0 atom stereocenters. The van der Waals surface area contributed by atoms with E-state index in [1.165, 1.54) is 0 Å². The first-order valence-corrected chi connectivity index (χ1v) is 4.55. The Morgan fingerprint density at radius 2 is 2.14 bits per heavy atom. The molecule has 0 saturated carbocycles. The molecule has 1 N–H and O–H groups in total. The highest BCUT2D eigenvalue weighted by Gasteiger charge is 2.13. The van der Waals surface area contributed by atoms with Crippen LogP contribution in [0.3, 0.4) is 0 Å². The Morgan fingerprint density at radius 1 is 1.43 bits per heavy atom. The van der Waals surface area contributed by atoms with Crippen LogP contribution < -0.4 is 0 Å². The second-order valence-electron chi connectivity index (χ2n) is 3.12. The summed E-state index contributed by atoms with van der Waals surface area (Å²) in [5, 5.41) is 10.6. The van der Waals surface area contributed by atoms with Crippen LogP contribution in [0.25, 0.3) is 10.9 Å². The fraction of sp³-hybridized carbons (Fsp3) is 0.182. The smallest absolute Gasteiger partial charge is 0.202 e. The lowest BCUT2D eigenvalue weighted by atomic mass is 10.2. The van der Waals surface area contributed by atoms with Crippen molar-refractivity contribution in [3.63, 3.8) is 0 Å². The quantitative estimate of drug-likeness (QED) is 0.736. The highest BCUT2D eigenvalue weighted by atomic mass is 16.3. The molecule has 2 aromatic rings. The first-order valence-electron chi connectivity index (χ1n) is 4.55. The lowest BCUT2D eigenvalue weighted by molar-refractivity contribution is 0.112. The van der Waals surface area contributed by atoms with Gasteiger partial charge in [0.1, 0.15) is 0 Å². The zero-order valence-electron chi connectivity index (χ0n) is 7.90. The summed E-state index contributed by atoms with van der Waals surface area (Å²) in [5.41, 5.74) is 1.28. The van der Waals surface area contributed by atoms with Crippen LogP contribution in [0.2, 0.25) is 0 Å². The van der Waals surface area contributed by atoms with E-state index in [1.807, 2.05) is 31.2 Å². The van der Waals surface area contributed by atoms with Gasteiger partial charge in [-0.15, -0.1) is 0 Å². The number of para-hydroxylation sites is 1. The summed E-state index contributed by atoms with van der Waals surface area (Å²) in [4.78, 5) is 10.8. The first kappa shape index (κ1) is 8.81. The molecule has 1 aromatic carbocycles. The van der Waals surface area contributed by atoms with E-state index in [0.29, 0.717) is 18.4 Å². The molecule has 0 amide bonds. The van der Waals surface area contributed by atoms with Crippen LogP contribution in [0, 0.1) is 0 Å². The van der Waals surface area contributed by atoms with E-state index in [9.17, 15) is 9.90 Å². The van der Waals surface area contributed by atoms with Gasteiger partial charge in [-0.2, -0.15) is 0 Å². The van der Waals surface area contributed by atoms with Gasteiger partial charge in [0.25, 0.3) is 0 Å². The monoisotopic (exact) mass is 189 g/mol. The van der Waals surface area contributed by atoms with Crippen LogP contribution in [0.5, 0.6) is 5.88 Å². The van der Waals surface area contributed by atoms with Gasteiger partial charge in [-0.25, -0.2) is 0 Å². The van der Waals surface area contributed by atoms with E-state index in [1.54, 1.807) is 4.57 Å². The third-order valence-electron chi connectivity index (χ3n) is 2.42. The maximum absolute atomic E-state index is 10.8. The molecule has 1 aromatic heterocycles. The normalized spacial score (nSPS) is 10.6. The molecule has 72 valence electrons. The lowest BCUT2D eigenvalue weighted by Crippen LogP contribution is -1.92. The van der Waals surface area contributed by atoms with Crippen LogP contribution in [0.4, 0.5) is 0 Å². The Kier molecular flexibility index (Phi) is 2.00. The van der Waals surface area contributed by atoms with E-state index in [4.69, 9.17) is 0 Å². The van der Waals surface area contributed by atoms with Crippen molar-refractivity contribution >= 4 is 17.2 Å². The fourth-order valence-electron chi connectivity index (χ4n) is 1.75. The Balaban J connectivity index is 2.91. The van der Waals surface area contributed by atoms with Crippen molar-refractivity contribution in [3.8, 4) is 5.88 Å². The van der Waals surface area contributed by atoms with Gasteiger partial charge in [0, 0.05) is 11.9 Å². The second-order valence-corrected chi connectivity index (χ2v) is 3.12. The van der Waals surface area contributed by atoms with E-state index in [2.05, 4.69) is 0 Å². The second kappa shape index (κ2) is 3.18. The number of hydrogen-bond acceptors (Lipinski definition) is 2. The molecule has 3 nitrogen and oxygen atoms in total. The van der Waals surface area contributed by atoms with Gasteiger partial charge in [-0.3, -0.25) is 4.79 Å². The van der Waals surface area contributed by atoms with Crippen molar-refractivity contribution in [2.24, 2.45) is 0 Å². The van der Waals surface area contributed by atoms with Gasteiger partial charge in [0.05, 0.1) is 11.1 Å². The number of fused-ring (bicyclic) bond motifs is 1. The summed E-state index contributed by atoms with van der Waals surface area (Å²) < 4.78 is 1.72. The number of benzene rings is 1. The van der Waals surface area contributed by atoms with Crippen LogP contribution >= 0.6 is 0 Å². The van der Waals surface area contributed by atoms with Gasteiger partial charge in [-0.05, 0) is 13.0 Å². The minimum atomic E-state index is 0.0590. The zero-order chi connectivity index (χ0) is 10.1. The van der Waals surface area contributed by atoms with Crippen LogP contribution in [0.15, 0.2) is 24.3 Å². The predicted molar refractivity (Wildman–Crippen MR) is 54.7 cm³/mol. The van der Waals surface area contributed by atoms with Gasteiger partial charge < -0.3 is 9.67 Å². The van der Waals surface area contributed by atoms with Crippen molar-refractivity contribution < 1.29 is 9.90 Å². The Hall–Kier alpha value is -1.77. The maximum Gasteiger partial charge on any atom is 0.202 e. The van der Waals surface area contributed by atoms with Gasteiger partial charge in [-0.1, -0.05) is 18.2 Å². The van der Waals surface area contributed by atoms with Crippen molar-refractivity contribution in [1.82, 2.24) is 4.57 Å². The Labute approximate surface area is 81.6 Å². The average molecular weight is 189 g/mol. The molecule has 0 saturated heterocycles. The third-order valence-corrected chi connectivity index (χ3v) is 2.42. The molecular formula is C11H11NO2. The lowest BCUT2D eigenvalue weighted by Gasteiger charge is -2.00. The van der Waals surface area contributed by atoms with Crippen LogP contribution in [-0.4, -0.2) is 16.0 Å². The molecule has 0 spiro atoms. The Bertz CT molecular complexity index is 485. The number of aromatic nitrogens is 1. The molecule has 14 heavy (non-hydrogen) atoms. The van der Waals surface area contributed by atoms with E-state index < -0.39 is 0 Å². The Morgan fingerprint density at radius 3 is 2.79 bits per heavy atom. The number of hydrogen-bond donors (Lipinski definition) is 1. The third kappa shape index (κ3) is 1.02. The highest BCUT2D eigenvalue weighted by Crippen LogP contribution is 2.29. The van der Waals surface area contributed by atoms with Crippen molar-refractivity contribution in [2.75, 3.05) is 0 Å². The minimum absolute atomic E-state index is 0.0590. The molecule has 3 heteroatoms. The summed E-state index contributed by atoms with van der Waals surface area (Å²) in [5.74, 6) is 0.0590. The molecule has 0 aliphatic rings. The zero-order valence-corrected chi connectivity index (χ0v) is 7.90. The first-order chi connectivity index (χ1) is 6.79. The number of aryl methyl sites for hydroxylation is 1. The largest absolute Gasteiger partial charge is 0.494 e. The van der Waals surface area contributed by atoms with Crippen molar-refractivity contribution in [3.05, 3.63) is 29.8 Å². The SMILES string of the molecule is CCn1c(O)c(C=O)c2ccccc21. The van der Waals surface area contributed by atoms with Crippen molar-refractivity contribution in [1.29, 1.82) is 0 Å². The molecular weight excluding hydrogens is 178 g/mol. The summed E-state index contributed by atoms with van der Waals surface area (Å²) in [6, 6.07) is 7.48. The number of carbonyl (C=O) groups is 1. The summed E-state index contributed by atoms with van der Waals surface area (Å²) in [6.07, 6.45) is 0.698. The molecule has 0 fully saturated rings. The summed E-state index contributed by atoms with van der Waals surface area (Å²) in [6.45, 7) is 2.58. The average Bonchev–Trinajstić information content (AvgIpc) is 2.49. The van der Waals surface area contributed by atoms with E-state index in [-0.39, 0.29) is 5.88 Å². The molecule has 0 aliphatic heterocycles. The van der Waals surface area contributed by atoms with E-state index in [0.717, 1.165) is 10.9 Å². The number of aldehydes is 1. The van der Waals surface area contributed by atoms with E-state index >= 15 is 0 Å². The molecule has 0 bridgehead atoms. The number of aromatic hydroxyl groups is 1. The minimum Gasteiger partial charge on any atom is -0.494 e.